The van der Waals surface area contributed by atoms with Crippen molar-refractivity contribution in [3.63, 3.8) is 0 Å². The maximum Gasteiger partial charge on any atom is 0.494 e. The maximum absolute atomic E-state index is 14.6. The molecular weight excluding hydrogens is 731 g/mol. The summed E-state index contributed by atoms with van der Waals surface area (Å²) in [4.78, 5) is 50.2. The number of amides is 3. The number of nitrogens with zero attached hydrogens (tertiary/aromatic N) is 4. The predicted octanol–water partition coefficient (Wildman–Crippen LogP) is 5.35. The van der Waals surface area contributed by atoms with Gasteiger partial charge < -0.3 is 25.3 Å². The first-order valence-electron chi connectivity index (χ1n) is 18.2. The number of piperidine rings is 1. The van der Waals surface area contributed by atoms with Crippen LogP contribution in [0.1, 0.15) is 74.9 Å². The Balaban J connectivity index is 1.54. The number of nitriles is 1. The van der Waals surface area contributed by atoms with E-state index in [9.17, 15) is 37.2 Å². The molecule has 11 nitrogen and oxygen atoms in total. The highest BCUT2D eigenvalue weighted by Gasteiger charge is 2.52. The number of rotatable bonds is 7. The fourth-order valence-corrected chi connectivity index (χ4v) is 7.07. The van der Waals surface area contributed by atoms with Crippen molar-refractivity contribution >= 4 is 41.8 Å². The summed E-state index contributed by atoms with van der Waals surface area (Å²) in [6.45, 7) is 9.47. The van der Waals surface area contributed by atoms with Crippen LogP contribution in [0.25, 0.3) is 0 Å². The van der Waals surface area contributed by atoms with E-state index in [1.165, 1.54) is 28.0 Å². The zero-order valence-electron chi connectivity index (χ0n) is 31.5. The molecule has 3 aliphatic rings. The second-order valence-electron chi connectivity index (χ2n) is 14.9. The lowest BCUT2D eigenvalue weighted by Crippen LogP contribution is -2.59. The summed E-state index contributed by atoms with van der Waals surface area (Å²) in [5.41, 5.74) is 4.85. The zero-order valence-corrected chi connectivity index (χ0v) is 31.5. The molecule has 3 aromatic carbocycles. The Kier molecular flexibility index (Phi) is 10.9. The average Bonchev–Trinajstić information content (AvgIpc) is 3.72. The lowest BCUT2D eigenvalue weighted by molar-refractivity contribution is -0.137. The molecule has 0 radical (unpaired) electrons. The number of carbonyl (C=O) groups excluding carboxylic acids is 3. The molecule has 3 atom stereocenters. The van der Waals surface area contributed by atoms with Crippen LogP contribution in [0.15, 0.2) is 89.1 Å². The van der Waals surface area contributed by atoms with E-state index < -0.39 is 71.6 Å². The Bertz CT molecular complexity index is 2130. The van der Waals surface area contributed by atoms with Crippen LogP contribution in [-0.2, 0) is 25.1 Å². The minimum Gasteiger partial charge on any atom is -0.399 e. The highest BCUT2D eigenvalue weighted by Crippen LogP contribution is 2.40. The minimum atomic E-state index is -4.75. The Morgan fingerprint density at radius 1 is 1.04 bits per heavy atom. The molecular formula is C40H41BF4N6O5. The van der Waals surface area contributed by atoms with Gasteiger partial charge in [0.25, 0.3) is 17.7 Å². The van der Waals surface area contributed by atoms with Crippen LogP contribution in [0, 0.1) is 17.1 Å². The summed E-state index contributed by atoms with van der Waals surface area (Å²) in [6, 6.07) is 15.3. The molecule has 56 heavy (non-hydrogen) atoms. The number of hydrogen-bond donors (Lipinski definition) is 2. The van der Waals surface area contributed by atoms with Gasteiger partial charge >= 0.3 is 13.3 Å². The van der Waals surface area contributed by atoms with Gasteiger partial charge in [0.15, 0.2) is 0 Å². The Hall–Kier alpha value is -5.53. The summed E-state index contributed by atoms with van der Waals surface area (Å²) >= 11 is 0. The van der Waals surface area contributed by atoms with Crippen molar-refractivity contribution in [3.8, 4) is 6.07 Å². The van der Waals surface area contributed by atoms with E-state index in [-0.39, 0.29) is 41.3 Å². The number of halogens is 4. The first-order valence-corrected chi connectivity index (χ1v) is 18.2. The number of alkyl halides is 3. The lowest BCUT2D eigenvalue weighted by atomic mass is 9.78. The van der Waals surface area contributed by atoms with Gasteiger partial charge in [-0.3, -0.25) is 19.3 Å². The second-order valence-corrected chi connectivity index (χ2v) is 14.9. The Morgan fingerprint density at radius 2 is 1.70 bits per heavy atom. The zero-order chi connectivity index (χ0) is 40.7. The predicted molar refractivity (Wildman–Crippen MR) is 200 cm³/mol. The topological polar surface area (TPSA) is 150 Å². The van der Waals surface area contributed by atoms with Crippen LogP contribution >= 0.6 is 0 Å². The number of likely N-dealkylation sites (N-methyl/N-ethyl adjacent to an activating group) is 1. The van der Waals surface area contributed by atoms with E-state index in [0.29, 0.717) is 30.1 Å². The van der Waals surface area contributed by atoms with Crippen molar-refractivity contribution in [3.05, 3.63) is 107 Å². The minimum absolute atomic E-state index is 0.0120. The molecule has 292 valence electrons. The third-order valence-electron chi connectivity index (χ3n) is 10.8. The number of benzene rings is 3. The fraction of sp³-hybridized carbons (Fsp3) is 0.375. The summed E-state index contributed by atoms with van der Waals surface area (Å²) in [7, 11) is -0.766. The SMILES string of the molecule is CCN1C(=O)C(NC(=O)c2cccc(C(F)(F)F)c2)C(c2ccc(F)cc2)/C(=C(/N)C(=O)N2CCCC2C#N)C1=Nc1cccc(B2OC(C)(C)C(C)(C)O2)c1. The van der Waals surface area contributed by atoms with Gasteiger partial charge in [-0.1, -0.05) is 30.3 Å². The molecule has 0 bridgehead atoms. The van der Waals surface area contributed by atoms with Gasteiger partial charge in [0, 0.05) is 30.1 Å². The smallest absolute Gasteiger partial charge is 0.399 e. The van der Waals surface area contributed by atoms with Crippen molar-refractivity contribution in [2.75, 3.05) is 13.1 Å². The molecule has 0 aromatic heterocycles. The van der Waals surface area contributed by atoms with Crippen LogP contribution in [0.5, 0.6) is 0 Å². The van der Waals surface area contributed by atoms with Gasteiger partial charge in [-0.15, -0.1) is 0 Å². The monoisotopic (exact) mass is 772 g/mol. The van der Waals surface area contributed by atoms with E-state index in [0.717, 1.165) is 24.3 Å². The third kappa shape index (κ3) is 7.65. The molecule has 6 rings (SSSR count). The number of hydrogen-bond acceptors (Lipinski definition) is 8. The first-order chi connectivity index (χ1) is 26.4. The molecule has 3 aromatic rings. The molecule has 0 saturated carbocycles. The molecule has 3 heterocycles. The van der Waals surface area contributed by atoms with Gasteiger partial charge in [0.1, 0.15) is 29.4 Å². The number of likely N-dealkylation sites (tertiary alicyclic amines) is 2. The highest BCUT2D eigenvalue weighted by atomic mass is 19.4. The molecule has 3 saturated heterocycles. The number of carbonyl (C=O) groups is 3. The van der Waals surface area contributed by atoms with Crippen molar-refractivity contribution in [1.29, 1.82) is 5.26 Å². The van der Waals surface area contributed by atoms with E-state index in [1.807, 2.05) is 27.7 Å². The van der Waals surface area contributed by atoms with Crippen molar-refractivity contribution in [2.45, 2.75) is 82.8 Å². The Morgan fingerprint density at radius 3 is 2.32 bits per heavy atom. The van der Waals surface area contributed by atoms with Crippen molar-refractivity contribution in [2.24, 2.45) is 10.7 Å². The maximum atomic E-state index is 14.6. The van der Waals surface area contributed by atoms with E-state index in [4.69, 9.17) is 20.0 Å². The standard InChI is InChI=1S/C40H41BF4N6O5/c1-6-50-34(48-28-13-8-12-26(21-28)41-55-38(2,3)39(4,5)56-41)31(32(47)36(53)51-19-9-14-29(51)22-46)30(23-15-17-27(42)18-16-23)33(37(50)54)49-35(52)24-10-7-11-25(20-24)40(43,44)45/h7-8,10-13,15-18,20-21,29-30,33H,6,9,14,19,47H2,1-5H3,(H,49,52)/b32-31-,48-34?. The molecule has 3 unspecified atom stereocenters. The van der Waals surface area contributed by atoms with Crippen LogP contribution < -0.4 is 16.5 Å². The molecule has 3 fully saturated rings. The van der Waals surface area contributed by atoms with Crippen LogP contribution in [-0.4, -0.2) is 76.9 Å². The number of nitrogens with one attached hydrogen (secondary N) is 1. The summed E-state index contributed by atoms with van der Waals surface area (Å²) in [5, 5.41) is 12.4. The van der Waals surface area contributed by atoms with Crippen LogP contribution in [0.2, 0.25) is 0 Å². The lowest BCUT2D eigenvalue weighted by Gasteiger charge is -2.41. The molecule has 3 amide bonds. The van der Waals surface area contributed by atoms with Gasteiger partial charge in [0.2, 0.25) is 0 Å². The van der Waals surface area contributed by atoms with Gasteiger partial charge in [0.05, 0.1) is 28.5 Å². The molecule has 16 heteroatoms. The Labute approximate surface area is 322 Å². The number of nitrogens with two attached hydrogens (primary N) is 1. The van der Waals surface area contributed by atoms with E-state index in [1.54, 1.807) is 31.2 Å². The molecule has 3 aliphatic heterocycles. The van der Waals surface area contributed by atoms with Gasteiger partial charge in [-0.2, -0.15) is 18.4 Å². The van der Waals surface area contributed by atoms with Gasteiger partial charge in [-0.25, -0.2) is 9.38 Å². The van der Waals surface area contributed by atoms with Crippen LogP contribution in [0.3, 0.4) is 0 Å². The van der Waals surface area contributed by atoms with E-state index in [2.05, 4.69) is 11.4 Å². The van der Waals surface area contributed by atoms with E-state index >= 15 is 0 Å². The second kappa shape index (κ2) is 15.2. The van der Waals surface area contributed by atoms with Crippen molar-refractivity contribution < 1.29 is 41.3 Å². The quantitative estimate of drug-likeness (QED) is 0.187. The summed E-state index contributed by atoms with van der Waals surface area (Å²) in [5.74, 6) is -4.43. The molecule has 0 aliphatic carbocycles. The average molecular weight is 773 g/mol. The molecule has 3 N–H and O–H groups in total. The summed E-state index contributed by atoms with van der Waals surface area (Å²) < 4.78 is 67.8. The fourth-order valence-electron chi connectivity index (χ4n) is 7.07. The van der Waals surface area contributed by atoms with Gasteiger partial charge in [-0.05, 0) is 101 Å². The largest absolute Gasteiger partial charge is 0.494 e. The van der Waals surface area contributed by atoms with Crippen LogP contribution in [0.4, 0.5) is 23.2 Å². The normalized spacial score (nSPS) is 23.6. The molecule has 0 spiro atoms. The summed E-state index contributed by atoms with van der Waals surface area (Å²) in [6.07, 6.45) is -3.80. The third-order valence-corrected chi connectivity index (χ3v) is 10.8. The number of aliphatic imine (C=N–C) groups is 1. The number of amidine groups is 1. The van der Waals surface area contributed by atoms with Crippen molar-refractivity contribution in [1.82, 2.24) is 15.1 Å². The highest BCUT2D eigenvalue weighted by molar-refractivity contribution is 6.62. The first kappa shape index (κ1) is 40.1.